The van der Waals surface area contributed by atoms with Gasteiger partial charge in [0.05, 0.1) is 11.2 Å². The zero-order valence-electron chi connectivity index (χ0n) is 20.8. The highest BCUT2D eigenvalue weighted by molar-refractivity contribution is 6.03. The number of hydrogen-bond donors (Lipinski definition) is 2. The monoisotopic (exact) mass is 472 g/mol. The van der Waals surface area contributed by atoms with Gasteiger partial charge in [0.2, 0.25) is 0 Å². The Kier molecular flexibility index (Phi) is 6.71. The van der Waals surface area contributed by atoms with E-state index < -0.39 is 0 Å². The van der Waals surface area contributed by atoms with Crippen LogP contribution >= 0.6 is 0 Å². The summed E-state index contributed by atoms with van der Waals surface area (Å²) in [6.07, 6.45) is 7.08. The summed E-state index contributed by atoms with van der Waals surface area (Å²) in [5, 5.41) is 0.967. The molecule has 0 amide bonds. The highest BCUT2D eigenvalue weighted by Crippen LogP contribution is 2.31. The van der Waals surface area contributed by atoms with E-state index in [2.05, 4.69) is 47.0 Å². The number of nitrogen functional groups attached to an aromatic ring is 1. The molecule has 0 saturated carbocycles. The van der Waals surface area contributed by atoms with E-state index in [-0.39, 0.29) is 18.2 Å². The minimum absolute atomic E-state index is 0.0855. The Balaban J connectivity index is 1.41. The van der Waals surface area contributed by atoms with Crippen molar-refractivity contribution < 1.29 is 4.79 Å². The molecule has 4 N–H and O–H groups in total. The smallest absolute Gasteiger partial charge is 0.187 e. The summed E-state index contributed by atoms with van der Waals surface area (Å²) in [5.41, 5.74) is 17.4. The first-order chi connectivity index (χ1) is 16.9. The maximum absolute atomic E-state index is 13.4. The van der Waals surface area contributed by atoms with Crippen LogP contribution in [0.5, 0.6) is 0 Å². The third-order valence-electron chi connectivity index (χ3n) is 7.59. The van der Waals surface area contributed by atoms with Crippen molar-refractivity contribution in [2.45, 2.75) is 44.6 Å². The number of hydrogen-bond acceptors (Lipinski definition) is 7. The average molecular weight is 473 g/mol. The van der Waals surface area contributed by atoms with Crippen molar-refractivity contribution in [1.82, 2.24) is 14.9 Å². The molecule has 0 unspecified atom stereocenters. The van der Waals surface area contributed by atoms with Gasteiger partial charge >= 0.3 is 0 Å². The summed E-state index contributed by atoms with van der Waals surface area (Å²) in [6.45, 7) is 6.14. The molecule has 5 rings (SSSR count). The number of carbonyl (C=O) groups is 1. The first kappa shape index (κ1) is 23.7. The summed E-state index contributed by atoms with van der Waals surface area (Å²) in [4.78, 5) is 27.2. The fourth-order valence-corrected chi connectivity index (χ4v) is 5.74. The van der Waals surface area contributed by atoms with Gasteiger partial charge in [-0.1, -0.05) is 19.1 Å². The van der Waals surface area contributed by atoms with E-state index in [1.807, 2.05) is 12.1 Å². The average Bonchev–Trinajstić information content (AvgIpc) is 2.83. The lowest BCUT2D eigenvalue weighted by molar-refractivity contribution is 0.0989. The third-order valence-corrected chi connectivity index (χ3v) is 7.59. The van der Waals surface area contributed by atoms with Crippen molar-refractivity contribution in [3.63, 3.8) is 0 Å². The molecule has 2 aliphatic heterocycles. The molecule has 0 aliphatic carbocycles. The lowest BCUT2D eigenvalue weighted by Crippen LogP contribution is -2.46. The second kappa shape index (κ2) is 9.91. The molecule has 4 heterocycles. The number of fused-ring (bicyclic) bond motifs is 1. The van der Waals surface area contributed by atoms with Gasteiger partial charge < -0.3 is 21.3 Å². The molecule has 7 heteroatoms. The van der Waals surface area contributed by atoms with Gasteiger partial charge in [0.1, 0.15) is 5.69 Å². The van der Waals surface area contributed by atoms with Gasteiger partial charge in [0.25, 0.3) is 0 Å². The molecule has 7 nitrogen and oxygen atoms in total. The molecule has 35 heavy (non-hydrogen) atoms. The highest BCUT2D eigenvalue weighted by Gasteiger charge is 2.25. The molecule has 2 aliphatic rings. The molecule has 2 atom stereocenters. The minimum atomic E-state index is -0.0855. The van der Waals surface area contributed by atoms with Gasteiger partial charge in [0.15, 0.2) is 5.78 Å². The van der Waals surface area contributed by atoms with Crippen LogP contribution in [0.25, 0.3) is 10.9 Å². The van der Waals surface area contributed by atoms with Crippen molar-refractivity contribution in [1.29, 1.82) is 0 Å². The number of nitrogens with two attached hydrogens (primary N) is 2. The van der Waals surface area contributed by atoms with Crippen molar-refractivity contribution in [3.05, 3.63) is 59.5 Å². The molecule has 2 saturated heterocycles. The van der Waals surface area contributed by atoms with Crippen LogP contribution < -0.4 is 16.4 Å². The number of ketones is 1. The lowest BCUT2D eigenvalue weighted by atomic mass is 9.89. The summed E-state index contributed by atoms with van der Waals surface area (Å²) < 4.78 is 0. The number of benzene rings is 1. The number of nitrogens with zero attached hydrogens (tertiary/aromatic N) is 4. The maximum atomic E-state index is 13.4. The SMILES string of the molecule is C[C@@H]1C[C@H](N)CN(c2ccncc2CC(=O)c2nc3cc(C4CCN(C)CC4)ccc3cc2N)C1. The molecule has 0 spiro atoms. The van der Waals surface area contributed by atoms with Crippen molar-refractivity contribution in [2.75, 3.05) is 43.9 Å². The van der Waals surface area contributed by atoms with Crippen molar-refractivity contribution in [2.24, 2.45) is 11.7 Å². The second-order valence-electron chi connectivity index (χ2n) is 10.6. The maximum Gasteiger partial charge on any atom is 0.187 e. The van der Waals surface area contributed by atoms with Crippen LogP contribution in [0.2, 0.25) is 0 Å². The van der Waals surface area contributed by atoms with Crippen LogP contribution in [0.1, 0.15) is 53.7 Å². The topological polar surface area (TPSA) is 101 Å². The van der Waals surface area contributed by atoms with Crippen molar-refractivity contribution >= 4 is 28.1 Å². The van der Waals surface area contributed by atoms with Crippen LogP contribution in [0.15, 0.2) is 42.7 Å². The Morgan fingerprint density at radius 3 is 2.71 bits per heavy atom. The predicted molar refractivity (Wildman–Crippen MR) is 142 cm³/mol. The molecule has 184 valence electrons. The zero-order chi connectivity index (χ0) is 24.5. The molecule has 3 aromatic rings. The van der Waals surface area contributed by atoms with Crippen molar-refractivity contribution in [3.8, 4) is 0 Å². The van der Waals surface area contributed by atoms with E-state index in [1.165, 1.54) is 5.56 Å². The van der Waals surface area contributed by atoms with E-state index in [9.17, 15) is 4.79 Å². The van der Waals surface area contributed by atoms with E-state index in [0.717, 1.165) is 67.6 Å². The molecule has 0 bridgehead atoms. The first-order valence-corrected chi connectivity index (χ1v) is 12.7. The summed E-state index contributed by atoms with van der Waals surface area (Å²) in [7, 11) is 2.17. The molecule has 1 aromatic carbocycles. The van der Waals surface area contributed by atoms with Gasteiger partial charge in [-0.2, -0.15) is 0 Å². The largest absolute Gasteiger partial charge is 0.397 e. The standard InChI is InChI=1S/C28H36N6O/c1-18-11-23(29)17-34(16-18)26-5-8-31-15-22(26)14-27(35)28-24(30)12-21-4-3-20(13-25(21)32-28)19-6-9-33(2)10-7-19/h3-5,8,12-13,15,18-19,23H,6-7,9-11,14,16-17,29-30H2,1-2H3/t18-,23+/m1/s1. The van der Waals surface area contributed by atoms with Crippen LogP contribution in [0.4, 0.5) is 11.4 Å². The molecular formula is C28H36N6O. The lowest BCUT2D eigenvalue weighted by Gasteiger charge is -2.37. The van der Waals surface area contributed by atoms with Crippen LogP contribution in [-0.4, -0.2) is 59.9 Å². The second-order valence-corrected chi connectivity index (χ2v) is 10.6. The highest BCUT2D eigenvalue weighted by atomic mass is 16.1. The zero-order valence-corrected chi connectivity index (χ0v) is 20.8. The summed E-state index contributed by atoms with van der Waals surface area (Å²) >= 11 is 0. The molecule has 2 fully saturated rings. The Bertz CT molecular complexity index is 1210. The van der Waals surface area contributed by atoms with E-state index in [1.54, 1.807) is 12.4 Å². The molecular weight excluding hydrogens is 436 g/mol. The predicted octanol–water partition coefficient (Wildman–Crippen LogP) is 3.62. The fourth-order valence-electron chi connectivity index (χ4n) is 5.74. The summed E-state index contributed by atoms with van der Waals surface area (Å²) in [6, 6.07) is 10.4. The number of Topliss-reactive ketones (excluding diaryl/α,β-unsaturated/α-hetero) is 1. The van der Waals surface area contributed by atoms with Gasteiger partial charge in [-0.25, -0.2) is 4.98 Å². The summed E-state index contributed by atoms with van der Waals surface area (Å²) in [5.74, 6) is 0.954. The van der Waals surface area contributed by atoms with Crippen LogP contribution in [-0.2, 0) is 6.42 Å². The number of pyridine rings is 2. The fraction of sp³-hybridized carbons (Fsp3) is 0.464. The van der Waals surface area contributed by atoms with E-state index in [4.69, 9.17) is 16.5 Å². The van der Waals surface area contributed by atoms with Gasteiger partial charge in [-0.3, -0.25) is 9.78 Å². The number of likely N-dealkylation sites (tertiary alicyclic amines) is 1. The number of carbonyl (C=O) groups excluding carboxylic acids is 1. The van der Waals surface area contributed by atoms with Gasteiger partial charge in [-0.15, -0.1) is 0 Å². The number of rotatable bonds is 5. The van der Waals surface area contributed by atoms with Gasteiger partial charge in [-0.05, 0) is 75.0 Å². The first-order valence-electron chi connectivity index (χ1n) is 12.7. The molecule has 0 radical (unpaired) electrons. The molecule has 2 aromatic heterocycles. The number of aromatic nitrogens is 2. The minimum Gasteiger partial charge on any atom is -0.397 e. The Morgan fingerprint density at radius 1 is 1.14 bits per heavy atom. The Labute approximate surface area is 207 Å². The van der Waals surface area contributed by atoms with Crippen LogP contribution in [0.3, 0.4) is 0 Å². The third kappa shape index (κ3) is 5.16. The Hall–Kier alpha value is -3.03. The van der Waals surface area contributed by atoms with Gasteiger partial charge in [0, 0.05) is 54.6 Å². The normalized spacial score (nSPS) is 22.0. The van der Waals surface area contributed by atoms with E-state index >= 15 is 0 Å². The number of piperidine rings is 2. The Morgan fingerprint density at radius 2 is 1.94 bits per heavy atom. The quantitative estimate of drug-likeness (QED) is 0.547. The van der Waals surface area contributed by atoms with E-state index in [0.29, 0.717) is 23.2 Å². The number of anilines is 2. The van der Waals surface area contributed by atoms with Crippen LogP contribution in [0, 0.1) is 5.92 Å².